The Balaban J connectivity index is 1.89. The predicted molar refractivity (Wildman–Crippen MR) is 103 cm³/mol. The molecule has 1 amide bonds. The number of benzene rings is 2. The van der Waals surface area contributed by atoms with Crippen molar-refractivity contribution < 1.29 is 9.18 Å². The van der Waals surface area contributed by atoms with Crippen molar-refractivity contribution in [2.24, 2.45) is 0 Å². The van der Waals surface area contributed by atoms with Crippen LogP contribution in [0.3, 0.4) is 0 Å². The third-order valence-corrected chi connectivity index (χ3v) is 5.06. The highest BCUT2D eigenvalue weighted by molar-refractivity contribution is 6.31. The first-order valence-corrected chi connectivity index (χ1v) is 9.24. The van der Waals surface area contributed by atoms with E-state index in [-0.39, 0.29) is 22.9 Å². The molecule has 3 unspecified atom stereocenters. The van der Waals surface area contributed by atoms with E-state index in [0.29, 0.717) is 29.4 Å². The highest BCUT2D eigenvalue weighted by Crippen LogP contribution is 2.33. The fraction of sp³-hybridized carbons (Fsp3) is 0.316. The van der Waals surface area contributed by atoms with Gasteiger partial charge >= 0.3 is 0 Å². The van der Waals surface area contributed by atoms with Gasteiger partial charge in [-0.25, -0.2) is 4.39 Å². The maximum absolute atomic E-state index is 14.6. The van der Waals surface area contributed by atoms with Crippen LogP contribution in [0.5, 0.6) is 0 Å². The van der Waals surface area contributed by atoms with Gasteiger partial charge in [-0.2, -0.15) is 0 Å². The Hall–Kier alpha value is -1.66. The first kappa shape index (κ1) is 19.1. The monoisotopic (exact) mass is 395 g/mol. The van der Waals surface area contributed by atoms with Gasteiger partial charge in [-0.05, 0) is 36.4 Å². The molecule has 0 bridgehead atoms. The Bertz CT molecular complexity index is 802. The van der Waals surface area contributed by atoms with Gasteiger partial charge in [0.2, 0.25) is 5.91 Å². The molecule has 2 aromatic rings. The number of hydrogen-bond donors (Lipinski definition) is 3. The third kappa shape index (κ3) is 4.01. The summed E-state index contributed by atoms with van der Waals surface area (Å²) < 4.78 is 14.6. The Morgan fingerprint density at radius 2 is 2.04 bits per heavy atom. The summed E-state index contributed by atoms with van der Waals surface area (Å²) in [5.41, 5.74) is 1.03. The molecule has 1 fully saturated rings. The van der Waals surface area contributed by atoms with E-state index in [9.17, 15) is 9.18 Å². The smallest absolute Gasteiger partial charge is 0.242 e. The molecular formula is C19H20Cl2FN3O. The van der Waals surface area contributed by atoms with E-state index in [1.807, 2.05) is 6.92 Å². The highest BCUT2D eigenvalue weighted by atomic mass is 35.5. The maximum atomic E-state index is 14.6. The molecule has 1 aliphatic rings. The molecule has 1 heterocycles. The number of anilines is 1. The minimum Gasteiger partial charge on any atom is -0.325 e. The van der Waals surface area contributed by atoms with Crippen LogP contribution in [0.15, 0.2) is 42.5 Å². The molecule has 1 aliphatic heterocycles. The van der Waals surface area contributed by atoms with E-state index in [0.717, 1.165) is 0 Å². The van der Waals surface area contributed by atoms with Gasteiger partial charge in [-0.15, -0.1) is 0 Å². The number of nitrogens with one attached hydrogen (secondary N) is 3. The van der Waals surface area contributed by atoms with Gasteiger partial charge < -0.3 is 16.0 Å². The molecule has 3 N–H and O–H groups in total. The zero-order valence-corrected chi connectivity index (χ0v) is 15.7. The fourth-order valence-corrected chi connectivity index (χ4v) is 3.79. The first-order chi connectivity index (χ1) is 12.5. The molecule has 0 radical (unpaired) electrons. The second-order valence-electron chi connectivity index (χ2n) is 6.22. The lowest BCUT2D eigenvalue weighted by Crippen LogP contribution is -2.41. The Kier molecular flexibility index (Phi) is 6.14. The third-order valence-electron chi connectivity index (χ3n) is 4.53. The largest absolute Gasteiger partial charge is 0.325 e. The zero-order chi connectivity index (χ0) is 18.7. The van der Waals surface area contributed by atoms with Crippen LogP contribution in [0, 0.1) is 5.82 Å². The normalized spacial score (nSPS) is 22.4. The summed E-state index contributed by atoms with van der Waals surface area (Å²) in [7, 11) is 0. The topological polar surface area (TPSA) is 53.2 Å². The van der Waals surface area contributed by atoms with Gasteiger partial charge in [0.1, 0.15) is 5.82 Å². The molecule has 2 aromatic carbocycles. The molecular weight excluding hydrogens is 376 g/mol. The van der Waals surface area contributed by atoms with Crippen LogP contribution in [0.4, 0.5) is 10.1 Å². The highest BCUT2D eigenvalue weighted by Gasteiger charge is 2.42. The van der Waals surface area contributed by atoms with Crippen LogP contribution in [0.1, 0.15) is 18.4 Å². The molecule has 0 aromatic heterocycles. The average molecular weight is 396 g/mol. The summed E-state index contributed by atoms with van der Waals surface area (Å²) in [6.45, 7) is 3.25. The van der Waals surface area contributed by atoms with Crippen molar-refractivity contribution in [2.45, 2.75) is 24.9 Å². The number of carbonyl (C=O) groups excluding carboxylic acids is 1. The summed E-state index contributed by atoms with van der Waals surface area (Å²) >= 11 is 11.9. The lowest BCUT2D eigenvalue weighted by molar-refractivity contribution is -0.118. The second-order valence-corrected chi connectivity index (χ2v) is 7.06. The maximum Gasteiger partial charge on any atom is 0.242 e. The molecule has 7 heteroatoms. The van der Waals surface area contributed by atoms with Crippen molar-refractivity contribution in [3.8, 4) is 0 Å². The van der Waals surface area contributed by atoms with Crippen LogP contribution in [-0.2, 0) is 4.79 Å². The van der Waals surface area contributed by atoms with Gasteiger partial charge in [-0.3, -0.25) is 4.79 Å². The lowest BCUT2D eigenvalue weighted by atomic mass is 9.87. The van der Waals surface area contributed by atoms with E-state index in [1.54, 1.807) is 36.4 Å². The lowest BCUT2D eigenvalue weighted by Gasteiger charge is -2.25. The molecule has 3 rings (SSSR count). The summed E-state index contributed by atoms with van der Waals surface area (Å²) in [6, 6.07) is 11.1. The summed E-state index contributed by atoms with van der Waals surface area (Å²) in [5, 5.41) is 9.97. The predicted octanol–water partition coefficient (Wildman–Crippen LogP) is 3.80. The van der Waals surface area contributed by atoms with Gasteiger partial charge in [0, 0.05) is 29.2 Å². The zero-order valence-electron chi connectivity index (χ0n) is 14.2. The van der Waals surface area contributed by atoms with E-state index in [2.05, 4.69) is 16.0 Å². The number of rotatable bonds is 5. The van der Waals surface area contributed by atoms with Crippen LogP contribution < -0.4 is 16.0 Å². The van der Waals surface area contributed by atoms with Gasteiger partial charge in [-0.1, -0.05) is 48.3 Å². The number of carbonyl (C=O) groups is 1. The minimum atomic E-state index is -0.592. The fourth-order valence-electron chi connectivity index (χ4n) is 3.42. The van der Waals surface area contributed by atoms with E-state index in [4.69, 9.17) is 23.2 Å². The number of halogens is 3. The SMILES string of the molecule is CCNC1CNC(C(=O)Nc2cccc(Cl)c2)C1c1cccc(Cl)c1F. The van der Waals surface area contributed by atoms with Crippen LogP contribution in [0.25, 0.3) is 0 Å². The van der Waals surface area contributed by atoms with Crippen LogP contribution in [0.2, 0.25) is 10.0 Å². The molecule has 138 valence electrons. The van der Waals surface area contributed by atoms with Crippen molar-refractivity contribution in [2.75, 3.05) is 18.4 Å². The van der Waals surface area contributed by atoms with Crippen molar-refractivity contribution in [1.29, 1.82) is 0 Å². The molecule has 0 aliphatic carbocycles. The summed E-state index contributed by atoms with van der Waals surface area (Å²) in [4.78, 5) is 12.9. The van der Waals surface area contributed by atoms with E-state index in [1.165, 1.54) is 6.07 Å². The Morgan fingerprint density at radius 3 is 2.77 bits per heavy atom. The minimum absolute atomic E-state index is 0.0543. The molecule has 0 saturated carbocycles. The van der Waals surface area contributed by atoms with Gasteiger partial charge in [0.25, 0.3) is 0 Å². The number of hydrogen-bond acceptors (Lipinski definition) is 3. The second kappa shape index (κ2) is 8.35. The van der Waals surface area contributed by atoms with E-state index < -0.39 is 11.9 Å². The number of amides is 1. The molecule has 1 saturated heterocycles. The Labute approximate surface area is 162 Å². The Morgan fingerprint density at radius 1 is 1.27 bits per heavy atom. The molecule has 26 heavy (non-hydrogen) atoms. The average Bonchev–Trinajstić information content (AvgIpc) is 3.01. The van der Waals surface area contributed by atoms with Crippen molar-refractivity contribution in [3.63, 3.8) is 0 Å². The first-order valence-electron chi connectivity index (χ1n) is 8.48. The van der Waals surface area contributed by atoms with Crippen LogP contribution in [-0.4, -0.2) is 31.1 Å². The number of likely N-dealkylation sites (N-methyl/N-ethyl adjacent to an activating group) is 1. The summed E-state index contributed by atoms with van der Waals surface area (Å²) in [5.74, 6) is -1.10. The van der Waals surface area contributed by atoms with E-state index >= 15 is 0 Å². The molecule has 3 atom stereocenters. The molecule has 0 spiro atoms. The van der Waals surface area contributed by atoms with Gasteiger partial charge in [0.15, 0.2) is 0 Å². The molecule has 4 nitrogen and oxygen atoms in total. The summed E-state index contributed by atoms with van der Waals surface area (Å²) in [6.07, 6.45) is 0. The van der Waals surface area contributed by atoms with Crippen molar-refractivity contribution >= 4 is 34.8 Å². The quantitative estimate of drug-likeness (QED) is 0.721. The van der Waals surface area contributed by atoms with Crippen molar-refractivity contribution in [1.82, 2.24) is 10.6 Å². The van der Waals surface area contributed by atoms with Crippen LogP contribution >= 0.6 is 23.2 Å². The van der Waals surface area contributed by atoms with Gasteiger partial charge in [0.05, 0.1) is 11.1 Å². The van der Waals surface area contributed by atoms with Crippen molar-refractivity contribution in [3.05, 3.63) is 63.9 Å². The standard InChI is InChI=1S/C19H20Cl2FN3O/c1-2-23-15-10-24-18(16(15)13-7-4-8-14(21)17(13)22)19(26)25-12-6-3-5-11(20)9-12/h3-9,15-16,18,23-24H,2,10H2,1H3,(H,25,26).